The van der Waals surface area contributed by atoms with E-state index in [1.807, 2.05) is 0 Å². The van der Waals surface area contributed by atoms with Gasteiger partial charge in [0.2, 0.25) is 15.9 Å². The fourth-order valence-corrected chi connectivity index (χ4v) is 2.59. The van der Waals surface area contributed by atoms with Gasteiger partial charge in [0.25, 0.3) is 0 Å². The van der Waals surface area contributed by atoms with Crippen molar-refractivity contribution in [3.05, 3.63) is 29.3 Å². The summed E-state index contributed by atoms with van der Waals surface area (Å²) in [6, 6.07) is 4.53. The van der Waals surface area contributed by atoms with E-state index in [1.165, 1.54) is 12.1 Å². The van der Waals surface area contributed by atoms with Gasteiger partial charge in [0.15, 0.2) is 0 Å². The number of hydrogen-bond donors (Lipinski definition) is 3. The second kappa shape index (κ2) is 8.76. The summed E-state index contributed by atoms with van der Waals surface area (Å²) in [6.07, 6.45) is -0.0838. The highest BCUT2D eigenvalue weighted by atomic mass is 32.2. The van der Waals surface area contributed by atoms with Gasteiger partial charge in [0.05, 0.1) is 36.3 Å². The van der Waals surface area contributed by atoms with Crippen LogP contribution in [0.25, 0.3) is 0 Å². The summed E-state index contributed by atoms with van der Waals surface area (Å²) in [6.45, 7) is 4.84. The Labute approximate surface area is 141 Å². The summed E-state index contributed by atoms with van der Waals surface area (Å²) in [5.74, 6) is -2.10. The minimum absolute atomic E-state index is 0.0236. The van der Waals surface area contributed by atoms with Gasteiger partial charge in [-0.05, 0) is 32.9 Å². The largest absolute Gasteiger partial charge is 0.478 e. The average Bonchev–Trinajstić information content (AvgIpc) is 2.46. The van der Waals surface area contributed by atoms with Crippen LogP contribution in [0.5, 0.6) is 0 Å². The van der Waals surface area contributed by atoms with Crippen LogP contribution in [-0.2, 0) is 19.6 Å². The molecule has 0 atom stereocenters. The number of nitrogens with one attached hydrogen (secondary N) is 2. The standard InChI is InChI=1S/C15H22N2O6S/c1-10(2)23-6-7-24(21,22)16-9-14(18)17-13-5-4-11(3)8-12(13)15(19)20/h4-5,8,10,16H,6-7,9H2,1-3H3,(H,17,18)(H,19,20). The summed E-state index contributed by atoms with van der Waals surface area (Å²) in [5.41, 5.74) is 0.785. The van der Waals surface area contributed by atoms with Crippen LogP contribution in [0, 0.1) is 6.92 Å². The maximum Gasteiger partial charge on any atom is 0.337 e. The van der Waals surface area contributed by atoms with Crippen LogP contribution in [0.1, 0.15) is 29.8 Å². The van der Waals surface area contributed by atoms with E-state index in [9.17, 15) is 18.0 Å². The van der Waals surface area contributed by atoms with Gasteiger partial charge in [0.1, 0.15) is 0 Å². The molecule has 0 radical (unpaired) electrons. The number of rotatable bonds is 9. The van der Waals surface area contributed by atoms with Crippen molar-refractivity contribution in [2.24, 2.45) is 0 Å². The molecule has 134 valence electrons. The van der Waals surface area contributed by atoms with Gasteiger partial charge in [0, 0.05) is 0 Å². The molecule has 0 heterocycles. The number of anilines is 1. The van der Waals surface area contributed by atoms with E-state index in [1.54, 1.807) is 26.8 Å². The van der Waals surface area contributed by atoms with Gasteiger partial charge in [-0.3, -0.25) is 4.79 Å². The Balaban J connectivity index is 2.60. The van der Waals surface area contributed by atoms with Crippen LogP contribution in [-0.4, -0.2) is 50.4 Å². The number of ether oxygens (including phenoxy) is 1. The fourth-order valence-electron chi connectivity index (χ4n) is 1.78. The average molecular weight is 358 g/mol. The molecule has 8 nitrogen and oxygen atoms in total. The number of sulfonamides is 1. The number of aryl methyl sites for hydroxylation is 1. The van der Waals surface area contributed by atoms with E-state index in [4.69, 9.17) is 9.84 Å². The zero-order valence-electron chi connectivity index (χ0n) is 13.8. The van der Waals surface area contributed by atoms with Crippen molar-refractivity contribution in [1.29, 1.82) is 0 Å². The highest BCUT2D eigenvalue weighted by Crippen LogP contribution is 2.17. The first kappa shape index (κ1) is 20.1. The molecule has 24 heavy (non-hydrogen) atoms. The predicted molar refractivity (Wildman–Crippen MR) is 89.6 cm³/mol. The Morgan fingerprint density at radius 1 is 1.29 bits per heavy atom. The first-order valence-corrected chi connectivity index (χ1v) is 8.98. The zero-order valence-corrected chi connectivity index (χ0v) is 14.6. The molecular formula is C15H22N2O6S. The van der Waals surface area contributed by atoms with Gasteiger partial charge < -0.3 is 15.2 Å². The molecule has 0 fully saturated rings. The van der Waals surface area contributed by atoms with Crippen molar-refractivity contribution in [2.45, 2.75) is 26.9 Å². The lowest BCUT2D eigenvalue weighted by molar-refractivity contribution is -0.115. The quantitative estimate of drug-likeness (QED) is 0.605. The molecular weight excluding hydrogens is 336 g/mol. The molecule has 0 unspecified atom stereocenters. The van der Waals surface area contributed by atoms with Crippen LogP contribution in [0.3, 0.4) is 0 Å². The summed E-state index contributed by atoms with van der Waals surface area (Å²) >= 11 is 0. The second-order valence-corrected chi connectivity index (χ2v) is 7.39. The maximum absolute atomic E-state index is 11.8. The first-order chi connectivity index (χ1) is 11.1. The Kier molecular flexibility index (Phi) is 7.33. The first-order valence-electron chi connectivity index (χ1n) is 7.33. The van der Waals surface area contributed by atoms with E-state index in [0.717, 1.165) is 5.56 Å². The third-order valence-electron chi connectivity index (χ3n) is 2.94. The maximum atomic E-state index is 11.8. The molecule has 0 saturated heterocycles. The molecule has 3 N–H and O–H groups in total. The number of hydrogen-bond acceptors (Lipinski definition) is 5. The highest BCUT2D eigenvalue weighted by molar-refractivity contribution is 7.89. The van der Waals surface area contributed by atoms with Crippen molar-refractivity contribution in [1.82, 2.24) is 4.72 Å². The number of carboxylic acid groups (broad SMARTS) is 1. The number of carboxylic acids is 1. The lowest BCUT2D eigenvalue weighted by Gasteiger charge is -2.11. The smallest absolute Gasteiger partial charge is 0.337 e. The van der Waals surface area contributed by atoms with E-state index in [-0.39, 0.29) is 29.7 Å². The third kappa shape index (κ3) is 7.07. The molecule has 0 spiro atoms. The predicted octanol–water partition coefficient (Wildman–Crippen LogP) is 0.976. The molecule has 1 amide bonds. The molecule has 0 saturated carbocycles. The minimum atomic E-state index is -3.65. The van der Waals surface area contributed by atoms with Crippen LogP contribution >= 0.6 is 0 Å². The van der Waals surface area contributed by atoms with Crippen molar-refractivity contribution < 1.29 is 27.9 Å². The molecule has 0 aromatic heterocycles. The molecule has 1 rings (SSSR count). The molecule has 0 bridgehead atoms. The lowest BCUT2D eigenvalue weighted by Crippen LogP contribution is -2.35. The van der Waals surface area contributed by atoms with Crippen molar-refractivity contribution in [3.8, 4) is 0 Å². The topological polar surface area (TPSA) is 122 Å². The summed E-state index contributed by atoms with van der Waals surface area (Å²) in [4.78, 5) is 23.0. The molecule has 1 aromatic carbocycles. The van der Waals surface area contributed by atoms with Crippen LogP contribution in [0.4, 0.5) is 5.69 Å². The Hall–Kier alpha value is -1.97. The summed E-state index contributed by atoms with van der Waals surface area (Å²) in [5, 5.41) is 11.5. The molecule has 0 aliphatic carbocycles. The van der Waals surface area contributed by atoms with Gasteiger partial charge in [-0.2, -0.15) is 0 Å². The Morgan fingerprint density at radius 3 is 2.54 bits per heavy atom. The molecule has 0 aliphatic rings. The van der Waals surface area contributed by atoms with Crippen LogP contribution in [0.2, 0.25) is 0 Å². The summed E-state index contributed by atoms with van der Waals surface area (Å²) < 4.78 is 30.7. The van der Waals surface area contributed by atoms with Crippen LogP contribution < -0.4 is 10.0 Å². The number of aromatic carboxylic acids is 1. The highest BCUT2D eigenvalue weighted by Gasteiger charge is 2.15. The van der Waals surface area contributed by atoms with Gasteiger partial charge in [-0.15, -0.1) is 0 Å². The molecule has 0 aliphatic heterocycles. The van der Waals surface area contributed by atoms with E-state index >= 15 is 0 Å². The van der Waals surface area contributed by atoms with Crippen molar-refractivity contribution in [3.63, 3.8) is 0 Å². The van der Waals surface area contributed by atoms with E-state index in [0.29, 0.717) is 0 Å². The molecule has 1 aromatic rings. The number of benzene rings is 1. The Bertz CT molecular complexity index is 700. The molecule has 9 heteroatoms. The van der Waals surface area contributed by atoms with E-state index in [2.05, 4.69) is 10.0 Å². The normalized spacial score (nSPS) is 11.5. The fraction of sp³-hybridized carbons (Fsp3) is 0.467. The SMILES string of the molecule is Cc1ccc(NC(=O)CNS(=O)(=O)CCOC(C)C)c(C(=O)O)c1. The Morgan fingerprint density at radius 2 is 1.96 bits per heavy atom. The number of carbonyl (C=O) groups excluding carboxylic acids is 1. The van der Waals surface area contributed by atoms with Crippen molar-refractivity contribution in [2.75, 3.05) is 24.2 Å². The third-order valence-corrected chi connectivity index (χ3v) is 4.22. The lowest BCUT2D eigenvalue weighted by atomic mass is 10.1. The van der Waals surface area contributed by atoms with Gasteiger partial charge in [-0.25, -0.2) is 17.9 Å². The van der Waals surface area contributed by atoms with Gasteiger partial charge in [-0.1, -0.05) is 11.6 Å². The zero-order chi connectivity index (χ0) is 18.3. The van der Waals surface area contributed by atoms with Gasteiger partial charge >= 0.3 is 5.97 Å². The number of carbonyl (C=O) groups is 2. The van der Waals surface area contributed by atoms with E-state index < -0.39 is 28.4 Å². The minimum Gasteiger partial charge on any atom is -0.478 e. The monoisotopic (exact) mass is 358 g/mol. The number of amides is 1. The summed E-state index contributed by atoms with van der Waals surface area (Å²) in [7, 11) is -3.65. The second-order valence-electron chi connectivity index (χ2n) is 5.46. The van der Waals surface area contributed by atoms with Crippen LogP contribution in [0.15, 0.2) is 18.2 Å². The van der Waals surface area contributed by atoms with Crippen molar-refractivity contribution >= 4 is 27.6 Å².